The highest BCUT2D eigenvalue weighted by Crippen LogP contribution is 2.44. The molecule has 0 N–H and O–H groups in total. The van der Waals surface area contributed by atoms with Gasteiger partial charge in [0.05, 0.1) is 0 Å². The topological polar surface area (TPSA) is 0 Å². The molecule has 0 heterocycles. The van der Waals surface area contributed by atoms with Crippen LogP contribution in [0.4, 0.5) is 0 Å². The largest absolute Gasteiger partial charge is 0.0654 e. The molecule has 152 valence electrons. The Kier molecular flexibility index (Phi) is 9.23. The maximum Gasteiger partial charge on any atom is 0.0175 e. The lowest BCUT2D eigenvalue weighted by molar-refractivity contribution is 0.155. The number of hydrogen-bond acceptors (Lipinski definition) is 0. The van der Waals surface area contributed by atoms with Crippen LogP contribution in [0.2, 0.25) is 0 Å². The molecule has 0 unspecified atom stereocenters. The van der Waals surface area contributed by atoms with Crippen LogP contribution in [0.25, 0.3) is 0 Å². The summed E-state index contributed by atoms with van der Waals surface area (Å²) >= 11 is 3.57. The summed E-state index contributed by atoms with van der Waals surface area (Å²) in [6.07, 6.45) is 22.2. The van der Waals surface area contributed by atoms with Crippen molar-refractivity contribution < 1.29 is 0 Å². The van der Waals surface area contributed by atoms with Gasteiger partial charge in [0.15, 0.2) is 0 Å². The Morgan fingerprint density at radius 2 is 1.26 bits per heavy atom. The molecule has 3 rings (SSSR count). The molecule has 0 aliphatic heterocycles. The second-order valence-corrected chi connectivity index (χ2v) is 10.4. The number of rotatable bonds is 9. The summed E-state index contributed by atoms with van der Waals surface area (Å²) in [6.45, 7) is 2.31. The molecule has 0 radical (unpaired) electrons. The normalized spacial score (nSPS) is 29.0. The number of unbranched alkanes of at least 4 members (excludes halogenated alkanes) is 5. The average molecular weight is 434 g/mol. The monoisotopic (exact) mass is 432 g/mol. The molecule has 2 aliphatic carbocycles. The smallest absolute Gasteiger partial charge is 0.0175 e. The van der Waals surface area contributed by atoms with E-state index in [2.05, 4.69) is 47.1 Å². The third kappa shape index (κ3) is 6.91. The average Bonchev–Trinajstić information content (AvgIpc) is 2.72. The van der Waals surface area contributed by atoms with Crippen LogP contribution in [-0.4, -0.2) is 0 Å². The summed E-state index contributed by atoms with van der Waals surface area (Å²) in [5, 5.41) is 0. The second kappa shape index (κ2) is 11.6. The van der Waals surface area contributed by atoms with Crippen molar-refractivity contribution in [2.45, 2.75) is 109 Å². The molecule has 1 aromatic carbocycles. The molecule has 0 atom stereocenters. The SMILES string of the molecule is CCCCCCCC[C@H]1CC[C@H]([C@H]2CC[C@H](c3ccc(Br)cc3)CC2)CC1. The summed E-state index contributed by atoms with van der Waals surface area (Å²) in [6, 6.07) is 9.10. The summed E-state index contributed by atoms with van der Waals surface area (Å²) in [7, 11) is 0. The van der Waals surface area contributed by atoms with Gasteiger partial charge in [-0.05, 0) is 79.9 Å². The Labute approximate surface area is 177 Å². The molecular weight excluding hydrogens is 392 g/mol. The fourth-order valence-corrected chi connectivity index (χ4v) is 6.08. The number of halogens is 1. The lowest BCUT2D eigenvalue weighted by Gasteiger charge is -2.38. The van der Waals surface area contributed by atoms with Crippen LogP contribution in [0.5, 0.6) is 0 Å². The van der Waals surface area contributed by atoms with E-state index >= 15 is 0 Å². The van der Waals surface area contributed by atoms with Gasteiger partial charge in [-0.3, -0.25) is 0 Å². The van der Waals surface area contributed by atoms with Crippen LogP contribution in [-0.2, 0) is 0 Å². The van der Waals surface area contributed by atoms with Crippen molar-refractivity contribution in [2.24, 2.45) is 17.8 Å². The highest BCUT2D eigenvalue weighted by atomic mass is 79.9. The zero-order valence-electron chi connectivity index (χ0n) is 17.6. The van der Waals surface area contributed by atoms with E-state index in [1.54, 1.807) is 5.56 Å². The Bertz CT molecular complexity index is 504. The van der Waals surface area contributed by atoms with Crippen LogP contribution < -0.4 is 0 Å². The molecular formula is C26H41Br. The van der Waals surface area contributed by atoms with E-state index in [4.69, 9.17) is 0 Å². The molecule has 0 nitrogen and oxygen atoms in total. The van der Waals surface area contributed by atoms with Crippen LogP contribution >= 0.6 is 15.9 Å². The zero-order valence-corrected chi connectivity index (χ0v) is 19.2. The Morgan fingerprint density at radius 1 is 0.704 bits per heavy atom. The third-order valence-corrected chi connectivity index (χ3v) is 8.17. The van der Waals surface area contributed by atoms with Crippen molar-refractivity contribution in [1.82, 2.24) is 0 Å². The molecule has 1 heteroatoms. The summed E-state index contributed by atoms with van der Waals surface area (Å²) < 4.78 is 1.21. The quantitative estimate of drug-likeness (QED) is 0.340. The molecule has 0 saturated heterocycles. The van der Waals surface area contributed by atoms with E-state index in [1.807, 2.05) is 0 Å². The highest BCUT2D eigenvalue weighted by Gasteiger charge is 2.31. The van der Waals surface area contributed by atoms with Gasteiger partial charge >= 0.3 is 0 Å². The third-order valence-electron chi connectivity index (χ3n) is 7.64. The van der Waals surface area contributed by atoms with Gasteiger partial charge in [-0.25, -0.2) is 0 Å². The van der Waals surface area contributed by atoms with Crippen LogP contribution in [0.1, 0.15) is 115 Å². The van der Waals surface area contributed by atoms with Gasteiger partial charge in [-0.1, -0.05) is 92.8 Å². The fraction of sp³-hybridized carbons (Fsp3) is 0.769. The molecule has 0 amide bonds. The Balaban J connectivity index is 1.31. The van der Waals surface area contributed by atoms with Gasteiger partial charge in [-0.2, -0.15) is 0 Å². The van der Waals surface area contributed by atoms with E-state index in [9.17, 15) is 0 Å². The van der Waals surface area contributed by atoms with Crippen LogP contribution in [0, 0.1) is 17.8 Å². The van der Waals surface area contributed by atoms with E-state index in [-0.39, 0.29) is 0 Å². The van der Waals surface area contributed by atoms with Crippen molar-refractivity contribution in [3.05, 3.63) is 34.3 Å². The first-order valence-corrected chi connectivity index (χ1v) is 12.8. The van der Waals surface area contributed by atoms with Gasteiger partial charge in [0.25, 0.3) is 0 Å². The first kappa shape index (κ1) is 21.4. The van der Waals surface area contributed by atoms with Crippen molar-refractivity contribution in [2.75, 3.05) is 0 Å². The minimum Gasteiger partial charge on any atom is -0.0654 e. The van der Waals surface area contributed by atoms with Gasteiger partial charge in [-0.15, -0.1) is 0 Å². The predicted molar refractivity (Wildman–Crippen MR) is 122 cm³/mol. The molecule has 2 saturated carbocycles. The summed E-state index contributed by atoms with van der Waals surface area (Å²) in [5.74, 6) is 3.97. The van der Waals surface area contributed by atoms with Gasteiger partial charge in [0.2, 0.25) is 0 Å². The molecule has 1 aromatic rings. The molecule has 0 spiro atoms. The van der Waals surface area contributed by atoms with Gasteiger partial charge in [0.1, 0.15) is 0 Å². The van der Waals surface area contributed by atoms with E-state index in [0.29, 0.717) is 0 Å². The molecule has 2 aliphatic rings. The lowest BCUT2D eigenvalue weighted by atomic mass is 9.68. The van der Waals surface area contributed by atoms with Crippen molar-refractivity contribution >= 4 is 15.9 Å². The number of hydrogen-bond donors (Lipinski definition) is 0. The standard InChI is InChI=1S/C26H41Br/c1-2-3-4-5-6-7-8-21-9-11-22(12-10-21)23-13-15-24(16-14-23)25-17-19-26(27)20-18-25/h17-24H,2-16H2,1H3/t21-,22-,23-,24-. The zero-order chi connectivity index (χ0) is 18.9. The lowest BCUT2D eigenvalue weighted by Crippen LogP contribution is -2.25. The van der Waals surface area contributed by atoms with Crippen LogP contribution in [0.3, 0.4) is 0 Å². The van der Waals surface area contributed by atoms with E-state index < -0.39 is 0 Å². The predicted octanol–water partition coefficient (Wildman–Crippen LogP) is 9.28. The van der Waals surface area contributed by atoms with E-state index in [0.717, 1.165) is 23.7 Å². The Hall–Kier alpha value is -0.300. The second-order valence-electron chi connectivity index (χ2n) is 9.50. The van der Waals surface area contributed by atoms with Crippen molar-refractivity contribution in [3.8, 4) is 0 Å². The minimum atomic E-state index is 0.818. The van der Waals surface area contributed by atoms with Crippen molar-refractivity contribution in [3.63, 3.8) is 0 Å². The minimum absolute atomic E-state index is 0.818. The van der Waals surface area contributed by atoms with E-state index in [1.165, 1.54) is 101 Å². The van der Waals surface area contributed by atoms with Crippen molar-refractivity contribution in [1.29, 1.82) is 0 Å². The van der Waals surface area contributed by atoms with Crippen LogP contribution in [0.15, 0.2) is 28.7 Å². The molecule has 0 aromatic heterocycles. The molecule has 2 fully saturated rings. The fourth-order valence-electron chi connectivity index (χ4n) is 5.82. The van der Waals surface area contributed by atoms with Gasteiger partial charge in [0, 0.05) is 4.47 Å². The summed E-state index contributed by atoms with van der Waals surface area (Å²) in [5.41, 5.74) is 1.57. The maximum absolute atomic E-state index is 3.57. The highest BCUT2D eigenvalue weighted by molar-refractivity contribution is 9.10. The molecule has 0 bridgehead atoms. The maximum atomic E-state index is 3.57. The summed E-state index contributed by atoms with van der Waals surface area (Å²) in [4.78, 5) is 0. The molecule has 27 heavy (non-hydrogen) atoms. The Morgan fingerprint density at radius 3 is 1.89 bits per heavy atom. The number of benzene rings is 1. The first-order chi connectivity index (χ1) is 13.3. The first-order valence-electron chi connectivity index (χ1n) is 12.0. The van der Waals surface area contributed by atoms with Gasteiger partial charge < -0.3 is 0 Å².